The fourth-order valence-corrected chi connectivity index (χ4v) is 10.7. The van der Waals surface area contributed by atoms with E-state index in [0.29, 0.717) is 5.84 Å². The maximum absolute atomic E-state index is 7.07. The molecule has 6 heteroatoms. The van der Waals surface area contributed by atoms with Gasteiger partial charge in [0.05, 0.1) is 16.3 Å². The van der Waals surface area contributed by atoms with Gasteiger partial charge in [-0.3, -0.25) is 0 Å². The second-order valence-electron chi connectivity index (χ2n) is 14.8. The van der Waals surface area contributed by atoms with E-state index in [9.17, 15) is 0 Å². The Morgan fingerprint density at radius 3 is 1.95 bits per heavy atom. The molecule has 9 aromatic rings. The number of furan rings is 1. The topological polar surface area (TPSA) is 54.8 Å². The maximum atomic E-state index is 7.07. The van der Waals surface area contributed by atoms with Crippen LogP contribution in [0.5, 0.6) is 0 Å². The third kappa shape index (κ3) is 5.04. The Labute approximate surface area is 333 Å². The minimum absolute atomic E-state index is 0.223. The van der Waals surface area contributed by atoms with Crippen LogP contribution in [-0.2, 0) is 0 Å². The van der Waals surface area contributed by atoms with Gasteiger partial charge in [-0.05, 0) is 29.3 Å². The monoisotopic (exact) mass is 750 g/mol. The number of nitrogens with one attached hydrogen (secondary N) is 1. The zero-order valence-corrected chi connectivity index (χ0v) is 31.5. The van der Waals surface area contributed by atoms with Crippen LogP contribution in [0.3, 0.4) is 0 Å². The normalized spacial score (nSPS) is 18.7. The Morgan fingerprint density at radius 1 is 0.561 bits per heavy atom. The molecule has 12 rings (SSSR count). The van der Waals surface area contributed by atoms with E-state index in [-0.39, 0.29) is 11.2 Å². The standard InChI is InChI=1S/C51H34N4OS/c1-3-15-31(16-4-1)49-52-50(32-17-5-2-6-18-32)54-51(53-49)41-27-12-22-36-35-21-11-23-37(45(35)56-46(36)41)38-24-13-25-39-40-26-14-30-44(48(40)57-47(38)39)55-42-28-9-7-19-33(42)34-20-8-10-29-43(34)55/h1-30,40,48,51H,(H,52,53,54). The summed E-state index contributed by atoms with van der Waals surface area (Å²) in [5.74, 6) is 1.72. The third-order valence-corrected chi connectivity index (χ3v) is 13.1. The van der Waals surface area contributed by atoms with Crippen molar-refractivity contribution >= 4 is 72.9 Å². The first-order valence-electron chi connectivity index (χ1n) is 19.4. The highest BCUT2D eigenvalue weighted by molar-refractivity contribution is 8.00. The summed E-state index contributed by atoms with van der Waals surface area (Å²) in [5, 5.41) is 8.60. The number of amidine groups is 2. The zero-order chi connectivity index (χ0) is 37.5. The van der Waals surface area contributed by atoms with Crippen molar-refractivity contribution in [3.05, 3.63) is 204 Å². The average Bonchev–Trinajstić information content (AvgIpc) is 3.97. The van der Waals surface area contributed by atoms with Crippen molar-refractivity contribution in [1.82, 2.24) is 9.88 Å². The predicted molar refractivity (Wildman–Crippen MR) is 236 cm³/mol. The second kappa shape index (κ2) is 12.8. The number of hydrogen-bond acceptors (Lipinski definition) is 5. The van der Waals surface area contributed by atoms with Crippen LogP contribution in [0.25, 0.3) is 60.6 Å². The molecule has 270 valence electrons. The number of aromatic nitrogens is 1. The van der Waals surface area contributed by atoms with Gasteiger partial charge in [-0.1, -0.05) is 164 Å². The molecule has 3 unspecified atom stereocenters. The summed E-state index contributed by atoms with van der Waals surface area (Å²) in [6.45, 7) is 0. The lowest BCUT2D eigenvalue weighted by Gasteiger charge is -2.25. The molecule has 7 aromatic carbocycles. The third-order valence-electron chi connectivity index (χ3n) is 11.7. The van der Waals surface area contributed by atoms with Crippen LogP contribution in [0.4, 0.5) is 0 Å². The van der Waals surface area contributed by atoms with Crippen LogP contribution in [0, 0.1) is 0 Å². The van der Waals surface area contributed by atoms with Gasteiger partial charge in [0.25, 0.3) is 0 Å². The molecule has 2 aliphatic heterocycles. The van der Waals surface area contributed by atoms with Crippen molar-refractivity contribution in [2.45, 2.75) is 22.2 Å². The molecule has 0 saturated heterocycles. The molecule has 0 saturated carbocycles. The summed E-state index contributed by atoms with van der Waals surface area (Å²) in [6, 6.07) is 57.8. The summed E-state index contributed by atoms with van der Waals surface area (Å²) in [6.07, 6.45) is 6.55. The molecule has 1 aliphatic carbocycles. The number of thioether (sulfide) groups is 1. The number of rotatable bonds is 5. The van der Waals surface area contributed by atoms with Crippen molar-refractivity contribution in [2.24, 2.45) is 9.98 Å². The van der Waals surface area contributed by atoms with Crippen LogP contribution in [-0.4, -0.2) is 21.5 Å². The highest BCUT2D eigenvalue weighted by Crippen LogP contribution is 2.56. The van der Waals surface area contributed by atoms with Gasteiger partial charge in [-0.25, -0.2) is 9.98 Å². The number of allylic oxidation sites excluding steroid dienone is 3. The largest absolute Gasteiger partial charge is 0.455 e. The van der Waals surface area contributed by atoms with Crippen LogP contribution < -0.4 is 5.32 Å². The Morgan fingerprint density at radius 2 is 1.18 bits per heavy atom. The fraction of sp³-hybridized carbons (Fsp3) is 0.0588. The van der Waals surface area contributed by atoms with Crippen molar-refractivity contribution in [2.75, 3.05) is 0 Å². The van der Waals surface area contributed by atoms with E-state index in [1.54, 1.807) is 0 Å². The van der Waals surface area contributed by atoms with Gasteiger partial charge in [-0.2, -0.15) is 0 Å². The van der Waals surface area contributed by atoms with Crippen LogP contribution in [0.1, 0.15) is 34.3 Å². The molecular formula is C51H34N4OS. The van der Waals surface area contributed by atoms with E-state index in [0.717, 1.165) is 50.0 Å². The van der Waals surface area contributed by atoms with Crippen molar-refractivity contribution in [3.8, 4) is 11.1 Å². The van der Waals surface area contributed by atoms with Gasteiger partial charge < -0.3 is 14.3 Å². The predicted octanol–water partition coefficient (Wildman–Crippen LogP) is 12.5. The molecule has 0 spiro atoms. The SMILES string of the molecule is C1=CC2c3cccc(-c4cccc5c4oc4c(C6N=C(c7ccccc7)N=C(c7ccccc7)N6)cccc45)c3SC2C(n2c3ccccc3c3ccccc32)=C1. The zero-order valence-electron chi connectivity index (χ0n) is 30.7. The highest BCUT2D eigenvalue weighted by atomic mass is 32.2. The minimum Gasteiger partial charge on any atom is -0.455 e. The molecule has 4 heterocycles. The summed E-state index contributed by atoms with van der Waals surface area (Å²) in [5.41, 5.74) is 12.1. The number of fused-ring (bicyclic) bond motifs is 9. The molecule has 1 N–H and O–H groups in total. The molecule has 0 amide bonds. The van der Waals surface area contributed by atoms with Gasteiger partial charge in [0, 0.05) is 60.3 Å². The van der Waals surface area contributed by atoms with Gasteiger partial charge in [0.1, 0.15) is 17.0 Å². The molecule has 3 aliphatic rings. The lowest BCUT2D eigenvalue weighted by atomic mass is 9.88. The van der Waals surface area contributed by atoms with E-state index in [1.165, 1.54) is 43.5 Å². The Hall–Kier alpha value is -6.89. The van der Waals surface area contributed by atoms with Gasteiger partial charge in [0.2, 0.25) is 0 Å². The highest BCUT2D eigenvalue weighted by Gasteiger charge is 2.39. The lowest BCUT2D eigenvalue weighted by Crippen LogP contribution is -2.33. The second-order valence-corrected chi connectivity index (χ2v) is 16.0. The molecule has 57 heavy (non-hydrogen) atoms. The molecule has 0 radical (unpaired) electrons. The van der Waals surface area contributed by atoms with Crippen LogP contribution >= 0.6 is 11.8 Å². The number of para-hydroxylation sites is 4. The summed E-state index contributed by atoms with van der Waals surface area (Å²) >= 11 is 1.98. The van der Waals surface area contributed by atoms with Crippen molar-refractivity contribution in [3.63, 3.8) is 0 Å². The van der Waals surface area contributed by atoms with Crippen molar-refractivity contribution in [1.29, 1.82) is 0 Å². The number of benzene rings is 7. The first kappa shape index (κ1) is 32.4. The van der Waals surface area contributed by atoms with Gasteiger partial charge in [0.15, 0.2) is 12.0 Å². The van der Waals surface area contributed by atoms with E-state index < -0.39 is 6.17 Å². The first-order chi connectivity index (χ1) is 28.3. The Bertz CT molecular complexity index is 3150. The molecule has 3 atom stereocenters. The van der Waals surface area contributed by atoms with Gasteiger partial charge >= 0.3 is 0 Å². The first-order valence-corrected chi connectivity index (χ1v) is 20.3. The van der Waals surface area contributed by atoms with E-state index in [1.807, 2.05) is 48.2 Å². The molecule has 0 fully saturated rings. The lowest BCUT2D eigenvalue weighted by molar-refractivity contribution is 0.629. The summed E-state index contributed by atoms with van der Waals surface area (Å²) in [7, 11) is 0. The minimum atomic E-state index is -0.405. The van der Waals surface area contributed by atoms with Gasteiger partial charge in [-0.15, -0.1) is 11.8 Å². The number of aliphatic imine (C=N–C) groups is 2. The maximum Gasteiger partial charge on any atom is 0.159 e. The van der Waals surface area contributed by atoms with Crippen LogP contribution in [0.2, 0.25) is 0 Å². The van der Waals surface area contributed by atoms with Crippen LogP contribution in [0.15, 0.2) is 201 Å². The number of hydrogen-bond donors (Lipinski definition) is 1. The Kier molecular flexibility index (Phi) is 7.29. The summed E-state index contributed by atoms with van der Waals surface area (Å²) in [4.78, 5) is 11.5. The molecule has 2 aromatic heterocycles. The summed E-state index contributed by atoms with van der Waals surface area (Å²) < 4.78 is 9.56. The Balaban J connectivity index is 0.973. The molecule has 5 nitrogen and oxygen atoms in total. The van der Waals surface area contributed by atoms with E-state index >= 15 is 0 Å². The number of nitrogens with zero attached hydrogens (tertiary/aromatic N) is 3. The molecular weight excluding hydrogens is 717 g/mol. The average molecular weight is 751 g/mol. The fourth-order valence-electron chi connectivity index (χ4n) is 9.08. The quantitative estimate of drug-likeness (QED) is 0.191. The van der Waals surface area contributed by atoms with E-state index in [4.69, 9.17) is 14.4 Å². The van der Waals surface area contributed by atoms with Crippen molar-refractivity contribution < 1.29 is 4.42 Å². The smallest absolute Gasteiger partial charge is 0.159 e. The van der Waals surface area contributed by atoms with E-state index in [2.05, 4.69) is 156 Å². The molecule has 0 bridgehead atoms.